The number of carbonyl (C=O) groups is 2. The number of alkyl halides is 6. The summed E-state index contributed by atoms with van der Waals surface area (Å²) < 4.78 is 97.3. The van der Waals surface area contributed by atoms with Crippen LogP contribution in [0.1, 0.15) is 36.1 Å². The molecule has 4 rings (SSSR count). The van der Waals surface area contributed by atoms with E-state index in [-0.39, 0.29) is 46.8 Å². The first kappa shape index (κ1) is 53.5. The van der Waals surface area contributed by atoms with Crippen LogP contribution in [0.2, 0.25) is 20.1 Å². The van der Waals surface area contributed by atoms with Crippen LogP contribution in [0.25, 0.3) is 11.1 Å². The smallest absolute Gasteiger partial charge is 0.412 e. The molecule has 2 amide bonds. The largest absolute Gasteiger partial charge is 0.509 e. The highest BCUT2D eigenvalue weighted by molar-refractivity contribution is 8.11. The second-order valence-electron chi connectivity index (χ2n) is 13.9. The van der Waals surface area contributed by atoms with Gasteiger partial charge in [0.25, 0.3) is 11.8 Å². The molecule has 3 N–H and O–H groups in total. The van der Waals surface area contributed by atoms with Crippen LogP contribution in [0.3, 0.4) is 0 Å². The van der Waals surface area contributed by atoms with Gasteiger partial charge in [-0.25, -0.2) is 0 Å². The van der Waals surface area contributed by atoms with E-state index in [1.807, 2.05) is 0 Å². The number of amides is 2. The Morgan fingerprint density at radius 2 is 1.10 bits per heavy atom. The van der Waals surface area contributed by atoms with Gasteiger partial charge in [-0.15, -0.1) is 0 Å². The normalized spacial score (nSPS) is 20.7. The zero-order valence-electron chi connectivity index (χ0n) is 32.9. The fourth-order valence-corrected chi connectivity index (χ4v) is 8.98. The number of aliphatic hydroxyl groups is 1. The average Bonchev–Trinajstić information content (AvgIpc) is 3.40. The maximum atomic E-state index is 12.8. The van der Waals surface area contributed by atoms with Crippen molar-refractivity contribution < 1.29 is 64.1 Å². The van der Waals surface area contributed by atoms with E-state index in [1.54, 1.807) is 45.9 Å². The van der Waals surface area contributed by atoms with Crippen molar-refractivity contribution in [3.05, 3.63) is 78.1 Å². The molecule has 2 aliphatic heterocycles. The Morgan fingerprint density at radius 3 is 1.49 bits per heavy atom. The average molecular weight is 1000 g/mol. The van der Waals surface area contributed by atoms with E-state index < -0.39 is 55.3 Å². The molecule has 2 aromatic rings. The van der Waals surface area contributed by atoms with Gasteiger partial charge in [0.15, 0.2) is 6.61 Å². The van der Waals surface area contributed by atoms with Crippen LogP contribution in [-0.4, -0.2) is 101 Å². The highest BCUT2D eigenvalue weighted by Gasteiger charge is 2.47. The number of aliphatic hydroxyl groups excluding tert-OH is 1. The molecule has 2 aromatic carbocycles. The second kappa shape index (κ2) is 20.7. The molecule has 3 atom stereocenters. The van der Waals surface area contributed by atoms with Gasteiger partial charge in [-0.2, -0.15) is 26.3 Å². The molecular formula is C35H42Cl4F6N2O8P2S2. The highest BCUT2D eigenvalue weighted by Crippen LogP contribution is 2.53. The molecular weight excluding hydrogens is 958 g/mol. The maximum Gasteiger partial charge on any atom is 0.412 e. The lowest BCUT2D eigenvalue weighted by Crippen LogP contribution is -2.46. The van der Waals surface area contributed by atoms with Crippen molar-refractivity contribution in [1.29, 1.82) is 0 Å². The highest BCUT2D eigenvalue weighted by atomic mass is 35.5. The molecule has 0 bridgehead atoms. The van der Waals surface area contributed by atoms with Gasteiger partial charge in [-0.05, 0) is 88.2 Å². The zero-order valence-corrected chi connectivity index (χ0v) is 39.4. The van der Waals surface area contributed by atoms with Gasteiger partial charge in [0.1, 0.15) is 29.2 Å². The SMILES string of the molecule is COCC1(C)NC(=O)C(c2c(C)cc(Cl)cc2Cl)=C1O.COCC1(C)NC(=O)C(c2c(C)cc(Cl)cc2Cl)=C1OP(C)(=S)OCC(F)(F)F.CP(C)(=S)OCC(F)(F)F. The van der Waals surface area contributed by atoms with Crippen LogP contribution >= 0.6 is 59.2 Å². The third-order valence-electron chi connectivity index (χ3n) is 7.85. The molecule has 332 valence electrons. The summed E-state index contributed by atoms with van der Waals surface area (Å²) in [7, 11) is 2.92. The topological polar surface area (TPSA) is 125 Å². The molecule has 0 fully saturated rings. The summed E-state index contributed by atoms with van der Waals surface area (Å²) in [6.45, 7) is 4.98. The van der Waals surface area contributed by atoms with Gasteiger partial charge in [-0.1, -0.05) is 58.2 Å². The monoisotopic (exact) mass is 998 g/mol. The van der Waals surface area contributed by atoms with Crippen LogP contribution < -0.4 is 10.6 Å². The van der Waals surface area contributed by atoms with Crippen LogP contribution in [0.15, 0.2) is 35.8 Å². The zero-order chi connectivity index (χ0) is 45.7. The fraction of sp³-hybridized carbons (Fsp3) is 0.486. The summed E-state index contributed by atoms with van der Waals surface area (Å²) in [5.41, 5.74) is 0.227. The number of hydrogen-bond donors (Lipinski definition) is 3. The Hall–Kier alpha value is -1.66. The second-order valence-corrected chi connectivity index (χ2v) is 25.0. The summed E-state index contributed by atoms with van der Waals surface area (Å²) in [4.78, 5) is 25.0. The molecule has 0 aromatic heterocycles. The van der Waals surface area contributed by atoms with E-state index in [9.17, 15) is 41.0 Å². The van der Waals surface area contributed by atoms with Crippen molar-refractivity contribution in [3.8, 4) is 0 Å². The Labute approximate surface area is 368 Å². The third-order valence-corrected chi connectivity index (χ3v) is 11.6. The Kier molecular flexibility index (Phi) is 18.7. The molecule has 59 heavy (non-hydrogen) atoms. The van der Waals surface area contributed by atoms with Crippen LogP contribution in [0.4, 0.5) is 26.3 Å². The molecule has 2 aliphatic rings. The maximum absolute atomic E-state index is 12.8. The van der Waals surface area contributed by atoms with Crippen molar-refractivity contribution >= 4 is 106 Å². The van der Waals surface area contributed by atoms with E-state index in [0.29, 0.717) is 31.8 Å². The third kappa shape index (κ3) is 15.6. The first-order valence-electron chi connectivity index (χ1n) is 16.7. The summed E-state index contributed by atoms with van der Waals surface area (Å²) in [6, 6.07) is 6.31. The lowest BCUT2D eigenvalue weighted by molar-refractivity contribution is -0.153. The van der Waals surface area contributed by atoms with Crippen molar-refractivity contribution in [2.45, 2.75) is 51.1 Å². The Morgan fingerprint density at radius 1 is 0.712 bits per heavy atom. The summed E-state index contributed by atoms with van der Waals surface area (Å²) in [5, 5.41) is 17.2. The van der Waals surface area contributed by atoms with E-state index in [4.69, 9.17) is 76.7 Å². The van der Waals surface area contributed by atoms with Crippen LogP contribution in [-0.2, 0) is 56.2 Å². The number of aryl methyl sites for hydroxylation is 2. The Balaban J connectivity index is 0.000000344. The quantitative estimate of drug-likeness (QED) is 0.140. The van der Waals surface area contributed by atoms with Gasteiger partial charge < -0.3 is 38.8 Å². The van der Waals surface area contributed by atoms with Crippen molar-refractivity contribution in [3.63, 3.8) is 0 Å². The minimum absolute atomic E-state index is 0.0174. The van der Waals surface area contributed by atoms with Crippen molar-refractivity contribution in [1.82, 2.24) is 10.6 Å². The summed E-state index contributed by atoms with van der Waals surface area (Å²) in [6.07, 6.45) is -11.0. The standard InChI is InChI=1S/C17H19Cl2F3NO4PS.C14H15Cl2NO3.C4H8F3OPS/c1-9-5-10(18)6-11(19)12(9)13-14(16(2,7-25-3)23-15(13)24)27-28(4,29)26-8-17(20,21)22;1-7-4-8(15)5-9(16)10(7)11-12(18)14(2,6-20-3)17-13(11)19;1-9(2,10)8-3-4(5,6)7/h5-6H,7-8H2,1-4H3,(H,23,24);4-5,18H,6H2,1-3H3,(H,17,19);3H2,1-2H3. The lowest BCUT2D eigenvalue weighted by atomic mass is 9.95. The van der Waals surface area contributed by atoms with Crippen molar-refractivity contribution in [2.75, 3.05) is 60.6 Å². The first-order valence-corrected chi connectivity index (χ1v) is 24.9. The molecule has 3 unspecified atom stereocenters. The van der Waals surface area contributed by atoms with Gasteiger partial charge >= 0.3 is 12.4 Å². The number of benzene rings is 2. The molecule has 0 aliphatic carbocycles. The molecule has 0 radical (unpaired) electrons. The summed E-state index contributed by atoms with van der Waals surface area (Å²) in [5.74, 6) is -0.964. The van der Waals surface area contributed by atoms with Crippen molar-refractivity contribution in [2.24, 2.45) is 0 Å². The number of hydrogen-bond acceptors (Lipinski definition) is 10. The number of ether oxygens (including phenoxy) is 2. The van der Waals surface area contributed by atoms with E-state index in [0.717, 1.165) is 5.56 Å². The number of methoxy groups -OCH3 is 2. The minimum Gasteiger partial charge on any atom is -0.509 e. The van der Waals surface area contributed by atoms with Gasteiger partial charge in [0.2, 0.25) is 6.49 Å². The van der Waals surface area contributed by atoms with E-state index in [2.05, 4.69) is 27.0 Å². The van der Waals surface area contributed by atoms with Gasteiger partial charge in [0, 0.05) is 42.1 Å². The molecule has 2 heterocycles. The number of carbonyl (C=O) groups excluding carboxylic acids is 2. The molecule has 0 saturated heterocycles. The van der Waals surface area contributed by atoms with Gasteiger partial charge in [0.05, 0.1) is 40.7 Å². The molecule has 24 heteroatoms. The Bertz CT molecular complexity index is 2040. The predicted molar refractivity (Wildman–Crippen MR) is 227 cm³/mol. The van der Waals surface area contributed by atoms with Crippen LogP contribution in [0, 0.1) is 13.8 Å². The lowest BCUT2D eigenvalue weighted by Gasteiger charge is -2.30. The predicted octanol–water partition coefficient (Wildman–Crippen LogP) is 10.4. The van der Waals surface area contributed by atoms with Crippen LogP contribution in [0.5, 0.6) is 0 Å². The minimum atomic E-state index is -4.57. The number of nitrogens with one attached hydrogen (secondary N) is 2. The molecule has 10 nitrogen and oxygen atoms in total. The molecule has 0 spiro atoms. The number of halogens is 10. The van der Waals surface area contributed by atoms with Gasteiger partial charge in [-0.3, -0.25) is 9.59 Å². The molecule has 0 saturated carbocycles. The fourth-order valence-electron chi connectivity index (χ4n) is 5.54. The van der Waals surface area contributed by atoms with E-state index >= 15 is 0 Å². The van der Waals surface area contributed by atoms with E-state index in [1.165, 1.54) is 40.3 Å². The summed E-state index contributed by atoms with van der Waals surface area (Å²) >= 11 is 34.2. The number of rotatable bonds is 12. The first-order chi connectivity index (χ1) is 26.7.